The van der Waals surface area contributed by atoms with E-state index in [9.17, 15) is 14.9 Å². The summed E-state index contributed by atoms with van der Waals surface area (Å²) in [6.07, 6.45) is 1.65. The lowest BCUT2D eigenvalue weighted by molar-refractivity contribution is -0.384. The first-order valence-corrected chi connectivity index (χ1v) is 8.38. The first kappa shape index (κ1) is 17.3. The normalized spacial score (nSPS) is 10.3. The minimum Gasteiger partial charge on any atom is -0.324 e. The van der Waals surface area contributed by atoms with E-state index >= 15 is 0 Å². The molecule has 0 radical (unpaired) electrons. The predicted molar refractivity (Wildman–Crippen MR) is 96.7 cm³/mol. The molecule has 0 aliphatic carbocycles. The molecule has 3 rings (SSSR count). The van der Waals surface area contributed by atoms with Crippen LogP contribution >= 0.6 is 11.8 Å². The van der Waals surface area contributed by atoms with E-state index in [0.29, 0.717) is 5.03 Å². The molecule has 0 aliphatic heterocycles. The second kappa shape index (κ2) is 7.58. The van der Waals surface area contributed by atoms with Crippen LogP contribution in [-0.4, -0.2) is 26.8 Å². The molecule has 0 spiro atoms. The summed E-state index contributed by atoms with van der Waals surface area (Å²) in [6.45, 7) is 0. The number of nitro benzene ring substituents is 1. The van der Waals surface area contributed by atoms with E-state index in [-0.39, 0.29) is 28.6 Å². The van der Waals surface area contributed by atoms with E-state index in [1.54, 1.807) is 6.20 Å². The van der Waals surface area contributed by atoms with Crippen molar-refractivity contribution in [3.05, 3.63) is 64.3 Å². The molecule has 26 heavy (non-hydrogen) atoms. The topological polar surface area (TPSA) is 122 Å². The highest BCUT2D eigenvalue weighted by molar-refractivity contribution is 8.00. The minimum absolute atomic E-state index is 0.0301. The van der Waals surface area contributed by atoms with Crippen molar-refractivity contribution < 1.29 is 9.72 Å². The summed E-state index contributed by atoms with van der Waals surface area (Å²) < 4.78 is 0. The fourth-order valence-corrected chi connectivity index (χ4v) is 3.06. The molecule has 1 aromatic heterocycles. The van der Waals surface area contributed by atoms with Crippen LogP contribution in [0.2, 0.25) is 0 Å². The Hall–Kier alpha value is -3.51. The van der Waals surface area contributed by atoms with E-state index in [1.165, 1.54) is 23.9 Å². The van der Waals surface area contributed by atoms with Crippen LogP contribution in [0.3, 0.4) is 0 Å². The third-order valence-corrected chi connectivity index (χ3v) is 4.47. The van der Waals surface area contributed by atoms with Gasteiger partial charge in [-0.25, -0.2) is 0 Å². The number of aromatic nitrogens is 2. The zero-order chi connectivity index (χ0) is 18.5. The van der Waals surface area contributed by atoms with Gasteiger partial charge in [-0.2, -0.15) is 10.4 Å². The number of rotatable bonds is 5. The Morgan fingerprint density at radius 2 is 2.12 bits per heavy atom. The van der Waals surface area contributed by atoms with Gasteiger partial charge >= 0.3 is 0 Å². The number of non-ortho nitro benzene ring substituents is 1. The van der Waals surface area contributed by atoms with Crippen LogP contribution in [-0.2, 0) is 4.79 Å². The summed E-state index contributed by atoms with van der Waals surface area (Å²) in [4.78, 5) is 22.4. The van der Waals surface area contributed by atoms with Crippen LogP contribution in [0.15, 0.2) is 53.7 Å². The van der Waals surface area contributed by atoms with E-state index in [1.807, 2.05) is 30.3 Å². The first-order valence-electron chi connectivity index (χ1n) is 7.40. The Morgan fingerprint density at radius 1 is 1.31 bits per heavy atom. The van der Waals surface area contributed by atoms with Crippen LogP contribution in [0.1, 0.15) is 5.56 Å². The molecule has 9 heteroatoms. The summed E-state index contributed by atoms with van der Waals surface area (Å²) in [6, 6.07) is 13.1. The maximum Gasteiger partial charge on any atom is 0.270 e. The van der Waals surface area contributed by atoms with Gasteiger partial charge in [0.15, 0.2) is 0 Å². The zero-order valence-electron chi connectivity index (χ0n) is 13.2. The van der Waals surface area contributed by atoms with Crippen molar-refractivity contribution in [2.24, 2.45) is 0 Å². The number of carbonyl (C=O) groups excluding carboxylic acids is 1. The number of thioether (sulfide) groups is 1. The van der Waals surface area contributed by atoms with Crippen molar-refractivity contribution >= 4 is 39.8 Å². The molecule has 3 aromatic rings. The molecule has 128 valence electrons. The number of nitrogens with zero attached hydrogens (tertiary/aromatic N) is 4. The summed E-state index contributed by atoms with van der Waals surface area (Å²) in [7, 11) is 0. The zero-order valence-corrected chi connectivity index (χ0v) is 14.1. The largest absolute Gasteiger partial charge is 0.324 e. The number of carbonyl (C=O) groups is 1. The Morgan fingerprint density at radius 3 is 2.88 bits per heavy atom. The lowest BCUT2D eigenvalue weighted by atomic mass is 10.1. The summed E-state index contributed by atoms with van der Waals surface area (Å²) >= 11 is 1.22. The molecular formula is C17H11N5O3S. The molecule has 1 N–H and O–H groups in total. The molecule has 0 fully saturated rings. The molecule has 1 amide bonds. The maximum absolute atomic E-state index is 12.2. The summed E-state index contributed by atoms with van der Waals surface area (Å²) in [5.74, 6) is -0.292. The number of benzene rings is 2. The second-order valence-electron chi connectivity index (χ2n) is 5.17. The number of hydrogen-bond acceptors (Lipinski definition) is 7. The maximum atomic E-state index is 12.2. The number of nitro groups is 1. The Kier molecular flexibility index (Phi) is 5.05. The molecule has 0 atom stereocenters. The average molecular weight is 365 g/mol. The SMILES string of the molecule is N#Cc1cc([N+](=O)[O-])ccc1NC(=O)CSc1nncc2ccccc12. The van der Waals surface area contributed by atoms with Crippen LogP contribution in [0, 0.1) is 21.4 Å². The van der Waals surface area contributed by atoms with Crippen LogP contribution in [0.5, 0.6) is 0 Å². The quantitative estimate of drug-likeness (QED) is 0.418. The molecule has 2 aromatic carbocycles. The lowest BCUT2D eigenvalue weighted by Gasteiger charge is -2.07. The molecule has 0 saturated heterocycles. The molecule has 0 bridgehead atoms. The van der Waals surface area contributed by atoms with Gasteiger partial charge in [-0.05, 0) is 6.07 Å². The van der Waals surface area contributed by atoms with Gasteiger partial charge < -0.3 is 5.32 Å². The number of anilines is 1. The number of amides is 1. The number of nitrogens with one attached hydrogen (secondary N) is 1. The van der Waals surface area contributed by atoms with E-state index in [2.05, 4.69) is 15.5 Å². The smallest absolute Gasteiger partial charge is 0.270 e. The van der Waals surface area contributed by atoms with Crippen molar-refractivity contribution in [2.75, 3.05) is 11.1 Å². The minimum atomic E-state index is -0.596. The number of hydrogen-bond donors (Lipinski definition) is 1. The van der Waals surface area contributed by atoms with E-state index < -0.39 is 4.92 Å². The Labute approximate surface area is 152 Å². The van der Waals surface area contributed by atoms with Gasteiger partial charge in [0, 0.05) is 22.9 Å². The fraction of sp³-hybridized carbons (Fsp3) is 0.0588. The molecule has 0 saturated carbocycles. The van der Waals surface area contributed by atoms with E-state index in [0.717, 1.165) is 16.8 Å². The van der Waals surface area contributed by atoms with Crippen LogP contribution in [0.4, 0.5) is 11.4 Å². The Balaban J connectivity index is 1.71. The van der Waals surface area contributed by atoms with Crippen molar-refractivity contribution in [3.8, 4) is 6.07 Å². The van der Waals surface area contributed by atoms with Crippen molar-refractivity contribution in [1.29, 1.82) is 5.26 Å². The fourth-order valence-electron chi connectivity index (χ4n) is 2.28. The molecular weight excluding hydrogens is 354 g/mol. The van der Waals surface area contributed by atoms with Crippen molar-refractivity contribution in [2.45, 2.75) is 5.03 Å². The van der Waals surface area contributed by atoms with Crippen molar-refractivity contribution in [3.63, 3.8) is 0 Å². The Bertz CT molecular complexity index is 1040. The highest BCUT2D eigenvalue weighted by Crippen LogP contribution is 2.25. The highest BCUT2D eigenvalue weighted by Gasteiger charge is 2.13. The third-order valence-electron chi connectivity index (χ3n) is 3.49. The lowest BCUT2D eigenvalue weighted by Crippen LogP contribution is -2.15. The van der Waals surface area contributed by atoms with Gasteiger partial charge in [0.2, 0.25) is 5.91 Å². The van der Waals surface area contributed by atoms with Gasteiger partial charge in [-0.15, -0.1) is 5.10 Å². The van der Waals surface area contributed by atoms with Gasteiger partial charge in [0.05, 0.1) is 28.1 Å². The first-order chi connectivity index (χ1) is 12.6. The van der Waals surface area contributed by atoms with Crippen LogP contribution in [0.25, 0.3) is 10.8 Å². The number of fused-ring (bicyclic) bond motifs is 1. The van der Waals surface area contributed by atoms with Gasteiger partial charge in [-0.3, -0.25) is 14.9 Å². The van der Waals surface area contributed by atoms with Gasteiger partial charge in [0.1, 0.15) is 11.1 Å². The monoisotopic (exact) mass is 365 g/mol. The average Bonchev–Trinajstić information content (AvgIpc) is 2.66. The third kappa shape index (κ3) is 3.76. The summed E-state index contributed by atoms with van der Waals surface area (Å²) in [5.41, 5.74) is 0.0511. The van der Waals surface area contributed by atoms with Crippen molar-refractivity contribution in [1.82, 2.24) is 10.2 Å². The van der Waals surface area contributed by atoms with Gasteiger partial charge in [-0.1, -0.05) is 36.0 Å². The standard InChI is InChI=1S/C17H11N5O3S/c18-8-12-7-13(22(24)25)5-6-15(12)20-16(23)10-26-17-14-4-2-1-3-11(14)9-19-21-17/h1-7,9H,10H2,(H,20,23). The predicted octanol–water partition coefficient (Wildman–Crippen LogP) is 3.14. The summed E-state index contributed by atoms with van der Waals surface area (Å²) in [5, 5.41) is 32.9. The molecule has 0 aliphatic rings. The molecule has 8 nitrogen and oxygen atoms in total. The van der Waals surface area contributed by atoms with E-state index in [4.69, 9.17) is 5.26 Å². The second-order valence-corrected chi connectivity index (χ2v) is 6.14. The molecule has 0 unspecified atom stereocenters. The highest BCUT2D eigenvalue weighted by atomic mass is 32.2. The van der Waals surface area contributed by atoms with Gasteiger partial charge in [0.25, 0.3) is 5.69 Å². The molecule has 1 heterocycles. The number of nitriles is 1. The van der Waals surface area contributed by atoms with Crippen LogP contribution < -0.4 is 5.32 Å².